The van der Waals surface area contributed by atoms with Crippen LogP contribution in [0.25, 0.3) is 0 Å². The van der Waals surface area contributed by atoms with E-state index < -0.39 is 0 Å². The molecule has 0 bridgehead atoms. The van der Waals surface area contributed by atoms with E-state index in [2.05, 4.69) is 9.80 Å². The first-order valence-electron chi connectivity index (χ1n) is 6.53. The second-order valence-corrected chi connectivity index (χ2v) is 5.16. The monoisotopic (exact) mass is 270 g/mol. The van der Waals surface area contributed by atoms with E-state index in [0.29, 0.717) is 0 Å². The van der Waals surface area contributed by atoms with Crippen molar-refractivity contribution in [3.8, 4) is 0 Å². The Morgan fingerprint density at radius 2 is 1.61 bits per heavy atom. The van der Waals surface area contributed by atoms with Crippen molar-refractivity contribution >= 4 is 11.6 Å². The Morgan fingerprint density at radius 3 is 2.22 bits per heavy atom. The molecule has 100 valence electrons. The van der Waals surface area contributed by atoms with E-state index in [0.717, 1.165) is 51.6 Å². The minimum atomic E-state index is -0.162. The summed E-state index contributed by atoms with van der Waals surface area (Å²) in [6.07, 6.45) is 1.07. The van der Waals surface area contributed by atoms with Crippen molar-refractivity contribution in [2.45, 2.75) is 13.0 Å². The lowest BCUT2D eigenvalue weighted by atomic mass is 10.2. The van der Waals surface area contributed by atoms with Crippen molar-refractivity contribution in [1.82, 2.24) is 9.80 Å². The van der Waals surface area contributed by atoms with E-state index in [-0.39, 0.29) is 5.82 Å². The van der Waals surface area contributed by atoms with E-state index in [4.69, 9.17) is 11.6 Å². The van der Waals surface area contributed by atoms with Crippen LogP contribution in [0, 0.1) is 5.82 Å². The van der Waals surface area contributed by atoms with Crippen LogP contribution in [0.1, 0.15) is 12.0 Å². The lowest BCUT2D eigenvalue weighted by Crippen LogP contribution is -2.46. The Balaban J connectivity index is 1.74. The second-order valence-electron chi connectivity index (χ2n) is 4.79. The van der Waals surface area contributed by atoms with E-state index >= 15 is 0 Å². The molecule has 0 atom stereocenters. The third-order valence-corrected chi connectivity index (χ3v) is 3.66. The maximum Gasteiger partial charge on any atom is 0.123 e. The van der Waals surface area contributed by atoms with Crippen LogP contribution in [0.5, 0.6) is 0 Å². The number of alkyl halides is 1. The van der Waals surface area contributed by atoms with Crippen LogP contribution in [0.3, 0.4) is 0 Å². The average Bonchev–Trinajstić information content (AvgIpc) is 2.41. The molecule has 0 N–H and O–H groups in total. The highest BCUT2D eigenvalue weighted by atomic mass is 35.5. The SMILES string of the molecule is Fc1ccc(CN2CCN(CCCCl)CC2)cc1. The first-order valence-corrected chi connectivity index (χ1v) is 7.06. The Hall–Kier alpha value is -0.640. The van der Waals surface area contributed by atoms with Crippen LogP contribution < -0.4 is 0 Å². The van der Waals surface area contributed by atoms with Gasteiger partial charge in [0.05, 0.1) is 0 Å². The number of rotatable bonds is 5. The van der Waals surface area contributed by atoms with Gasteiger partial charge >= 0.3 is 0 Å². The zero-order valence-electron chi connectivity index (χ0n) is 10.6. The van der Waals surface area contributed by atoms with Crippen molar-refractivity contribution in [2.24, 2.45) is 0 Å². The summed E-state index contributed by atoms with van der Waals surface area (Å²) in [5.74, 6) is 0.583. The lowest BCUT2D eigenvalue weighted by molar-refractivity contribution is 0.127. The molecule has 1 aromatic rings. The Labute approximate surface area is 113 Å². The minimum absolute atomic E-state index is 0.162. The first-order chi connectivity index (χ1) is 8.78. The van der Waals surface area contributed by atoms with Crippen molar-refractivity contribution in [3.63, 3.8) is 0 Å². The molecule has 18 heavy (non-hydrogen) atoms. The molecule has 2 nitrogen and oxygen atoms in total. The van der Waals surface area contributed by atoms with E-state index in [1.165, 1.54) is 17.7 Å². The number of piperazine rings is 1. The van der Waals surface area contributed by atoms with Crippen LogP contribution in [0.4, 0.5) is 4.39 Å². The predicted molar refractivity (Wildman–Crippen MR) is 73.5 cm³/mol. The van der Waals surface area contributed by atoms with Gasteiger partial charge < -0.3 is 4.90 Å². The van der Waals surface area contributed by atoms with Crippen molar-refractivity contribution < 1.29 is 4.39 Å². The van der Waals surface area contributed by atoms with E-state index in [1.807, 2.05) is 12.1 Å². The molecule has 0 saturated carbocycles. The highest BCUT2D eigenvalue weighted by molar-refractivity contribution is 6.17. The van der Waals surface area contributed by atoms with E-state index in [9.17, 15) is 4.39 Å². The quantitative estimate of drug-likeness (QED) is 0.759. The van der Waals surface area contributed by atoms with E-state index in [1.54, 1.807) is 0 Å². The van der Waals surface area contributed by atoms with Gasteiger partial charge in [-0.15, -0.1) is 11.6 Å². The Kier molecular flexibility index (Phi) is 5.42. The summed E-state index contributed by atoms with van der Waals surface area (Å²) in [5.41, 5.74) is 1.19. The number of halogens is 2. The van der Waals surface area contributed by atoms with Crippen molar-refractivity contribution in [1.29, 1.82) is 0 Å². The van der Waals surface area contributed by atoms with Gasteiger partial charge in [0.15, 0.2) is 0 Å². The smallest absolute Gasteiger partial charge is 0.123 e. The molecule has 1 fully saturated rings. The molecule has 0 unspecified atom stereocenters. The van der Waals surface area contributed by atoms with Gasteiger partial charge in [0, 0.05) is 38.6 Å². The summed E-state index contributed by atoms with van der Waals surface area (Å²) in [6.45, 7) is 6.41. The molecule has 1 aromatic carbocycles. The van der Waals surface area contributed by atoms with Crippen LogP contribution in [-0.2, 0) is 6.54 Å². The highest BCUT2D eigenvalue weighted by Crippen LogP contribution is 2.09. The topological polar surface area (TPSA) is 6.48 Å². The van der Waals surface area contributed by atoms with Crippen molar-refractivity contribution in [2.75, 3.05) is 38.6 Å². The molecule has 0 amide bonds. The molecule has 1 aliphatic rings. The highest BCUT2D eigenvalue weighted by Gasteiger charge is 2.16. The van der Waals surface area contributed by atoms with Gasteiger partial charge in [-0.2, -0.15) is 0 Å². The number of hydrogen-bond donors (Lipinski definition) is 0. The zero-order valence-corrected chi connectivity index (χ0v) is 11.4. The summed E-state index contributed by atoms with van der Waals surface area (Å²) in [7, 11) is 0. The molecule has 4 heteroatoms. The zero-order chi connectivity index (χ0) is 12.8. The van der Waals surface area contributed by atoms with Crippen molar-refractivity contribution in [3.05, 3.63) is 35.6 Å². The summed E-state index contributed by atoms with van der Waals surface area (Å²) < 4.78 is 12.8. The van der Waals surface area contributed by atoms with Gasteiger partial charge in [0.1, 0.15) is 5.82 Å². The number of nitrogens with zero attached hydrogens (tertiary/aromatic N) is 2. The molecular weight excluding hydrogens is 251 g/mol. The summed E-state index contributed by atoms with van der Waals surface area (Å²) in [6, 6.07) is 6.81. The van der Waals surface area contributed by atoms with Crippen LogP contribution >= 0.6 is 11.6 Å². The molecule has 0 aromatic heterocycles. The predicted octanol–water partition coefficient (Wildman–Crippen LogP) is 2.57. The summed E-state index contributed by atoms with van der Waals surface area (Å²) in [4.78, 5) is 4.88. The van der Waals surface area contributed by atoms with Gasteiger partial charge in [-0.05, 0) is 30.7 Å². The van der Waals surface area contributed by atoms with Gasteiger partial charge in [-0.25, -0.2) is 4.39 Å². The third-order valence-electron chi connectivity index (χ3n) is 3.39. The summed E-state index contributed by atoms with van der Waals surface area (Å²) in [5, 5.41) is 0. The average molecular weight is 271 g/mol. The number of benzene rings is 1. The molecule has 0 radical (unpaired) electrons. The molecule has 1 saturated heterocycles. The Bertz CT molecular complexity index is 347. The lowest BCUT2D eigenvalue weighted by Gasteiger charge is -2.34. The fourth-order valence-corrected chi connectivity index (χ4v) is 2.42. The maximum atomic E-state index is 12.8. The maximum absolute atomic E-state index is 12.8. The van der Waals surface area contributed by atoms with Crippen LogP contribution in [0.15, 0.2) is 24.3 Å². The molecule has 0 aliphatic carbocycles. The van der Waals surface area contributed by atoms with Gasteiger partial charge in [0.2, 0.25) is 0 Å². The standard InChI is InChI=1S/C14H20ClFN2/c15-6-1-7-17-8-10-18(11-9-17)12-13-2-4-14(16)5-3-13/h2-5H,1,6-12H2. The normalized spacial score (nSPS) is 18.1. The largest absolute Gasteiger partial charge is 0.301 e. The molecule has 2 rings (SSSR count). The minimum Gasteiger partial charge on any atom is -0.301 e. The van der Waals surface area contributed by atoms with Gasteiger partial charge in [-0.1, -0.05) is 12.1 Å². The summed E-state index contributed by atoms with van der Waals surface area (Å²) >= 11 is 5.70. The van der Waals surface area contributed by atoms with Gasteiger partial charge in [0.25, 0.3) is 0 Å². The Morgan fingerprint density at radius 1 is 1.00 bits per heavy atom. The number of hydrogen-bond acceptors (Lipinski definition) is 2. The third kappa shape index (κ3) is 4.23. The first kappa shape index (κ1) is 13.8. The fourth-order valence-electron chi connectivity index (χ4n) is 2.30. The molecule has 0 spiro atoms. The second kappa shape index (κ2) is 7.07. The molecular formula is C14H20ClFN2. The van der Waals surface area contributed by atoms with Crippen LogP contribution in [0.2, 0.25) is 0 Å². The van der Waals surface area contributed by atoms with Gasteiger partial charge in [-0.3, -0.25) is 4.90 Å². The molecule has 1 aliphatic heterocycles. The van der Waals surface area contributed by atoms with Crippen LogP contribution in [-0.4, -0.2) is 48.4 Å². The molecule has 1 heterocycles. The fraction of sp³-hybridized carbons (Fsp3) is 0.571.